The van der Waals surface area contributed by atoms with Crippen molar-refractivity contribution >= 4 is 11.8 Å². The third-order valence-corrected chi connectivity index (χ3v) is 4.07. The van der Waals surface area contributed by atoms with Crippen LogP contribution in [0.5, 0.6) is 0 Å². The van der Waals surface area contributed by atoms with E-state index in [9.17, 15) is 0 Å². The van der Waals surface area contributed by atoms with Crippen LogP contribution in [0.2, 0.25) is 0 Å². The zero-order valence-corrected chi connectivity index (χ0v) is 10.1. The van der Waals surface area contributed by atoms with Crippen LogP contribution in [0.1, 0.15) is 43.2 Å². The van der Waals surface area contributed by atoms with Gasteiger partial charge in [0.05, 0.1) is 0 Å². The Labute approximate surface area is 96.4 Å². The van der Waals surface area contributed by atoms with Crippen molar-refractivity contribution in [2.24, 2.45) is 5.73 Å². The molecule has 0 spiro atoms. The highest BCUT2D eigenvalue weighted by Gasteiger charge is 2.21. The molecule has 0 unspecified atom stereocenters. The number of nitrogens with two attached hydrogens (primary N) is 1. The average Bonchev–Trinajstić information content (AvgIpc) is 2.18. The summed E-state index contributed by atoms with van der Waals surface area (Å²) in [5, 5.41) is 0. The molecule has 0 aliphatic heterocycles. The van der Waals surface area contributed by atoms with Gasteiger partial charge in [-0.05, 0) is 47.8 Å². The Morgan fingerprint density at radius 1 is 1.40 bits per heavy atom. The molecular formula is C13H19NS. The molecule has 1 saturated carbocycles. The molecule has 0 radical (unpaired) electrons. The SMILES string of the molecule is CCSc1ccc(C2CCC2)c(CN)c1. The summed E-state index contributed by atoms with van der Waals surface area (Å²) in [6, 6.07) is 6.83. The minimum Gasteiger partial charge on any atom is -0.326 e. The van der Waals surface area contributed by atoms with Gasteiger partial charge in [-0.3, -0.25) is 0 Å². The summed E-state index contributed by atoms with van der Waals surface area (Å²) in [5.41, 5.74) is 8.69. The first kappa shape index (κ1) is 11.0. The molecule has 0 bridgehead atoms. The largest absolute Gasteiger partial charge is 0.326 e. The van der Waals surface area contributed by atoms with Crippen molar-refractivity contribution in [3.63, 3.8) is 0 Å². The summed E-state index contributed by atoms with van der Waals surface area (Å²) in [5.74, 6) is 1.93. The standard InChI is InChI=1S/C13H19NS/c1-2-15-12-6-7-13(10-4-3-5-10)11(8-12)9-14/h6-8,10H,2-5,9,14H2,1H3. The number of thioether (sulfide) groups is 1. The monoisotopic (exact) mass is 221 g/mol. The molecule has 0 atom stereocenters. The maximum atomic E-state index is 5.82. The quantitative estimate of drug-likeness (QED) is 0.787. The van der Waals surface area contributed by atoms with Gasteiger partial charge < -0.3 is 5.73 Å². The Balaban J connectivity index is 2.22. The lowest BCUT2D eigenvalue weighted by molar-refractivity contribution is 0.417. The lowest BCUT2D eigenvalue weighted by Gasteiger charge is -2.28. The fourth-order valence-corrected chi connectivity index (χ4v) is 2.86. The molecule has 0 amide bonds. The third kappa shape index (κ3) is 2.37. The predicted molar refractivity (Wildman–Crippen MR) is 67.3 cm³/mol. The Bertz CT molecular complexity index is 331. The van der Waals surface area contributed by atoms with Gasteiger partial charge in [0.1, 0.15) is 0 Å². The maximum absolute atomic E-state index is 5.82. The summed E-state index contributed by atoms with van der Waals surface area (Å²) in [4.78, 5) is 1.36. The molecule has 15 heavy (non-hydrogen) atoms. The Kier molecular flexibility index (Phi) is 3.71. The molecule has 1 aliphatic carbocycles. The zero-order chi connectivity index (χ0) is 10.7. The van der Waals surface area contributed by atoms with Gasteiger partial charge in [-0.1, -0.05) is 19.4 Å². The Morgan fingerprint density at radius 3 is 2.73 bits per heavy atom. The molecule has 2 rings (SSSR count). The second-order valence-corrected chi connectivity index (χ2v) is 5.46. The van der Waals surface area contributed by atoms with Crippen LogP contribution in [-0.4, -0.2) is 5.75 Å². The van der Waals surface area contributed by atoms with E-state index >= 15 is 0 Å². The van der Waals surface area contributed by atoms with Crippen molar-refractivity contribution in [1.82, 2.24) is 0 Å². The summed E-state index contributed by atoms with van der Waals surface area (Å²) in [7, 11) is 0. The topological polar surface area (TPSA) is 26.0 Å². The van der Waals surface area contributed by atoms with Crippen molar-refractivity contribution in [1.29, 1.82) is 0 Å². The molecule has 0 aromatic heterocycles. The fraction of sp³-hybridized carbons (Fsp3) is 0.538. The van der Waals surface area contributed by atoms with Gasteiger partial charge >= 0.3 is 0 Å². The average molecular weight is 221 g/mol. The van der Waals surface area contributed by atoms with Crippen LogP contribution in [0.25, 0.3) is 0 Å². The molecule has 0 heterocycles. The fourth-order valence-electron chi connectivity index (χ4n) is 2.13. The first-order valence-corrected chi connectivity index (χ1v) is 6.79. The molecule has 1 aromatic rings. The van der Waals surface area contributed by atoms with Crippen LogP contribution >= 0.6 is 11.8 Å². The van der Waals surface area contributed by atoms with Crippen LogP contribution in [0.3, 0.4) is 0 Å². The minimum absolute atomic E-state index is 0.684. The maximum Gasteiger partial charge on any atom is 0.0181 e. The normalized spacial score (nSPS) is 16.4. The molecule has 1 aromatic carbocycles. The van der Waals surface area contributed by atoms with Gasteiger partial charge in [-0.15, -0.1) is 11.8 Å². The molecule has 0 saturated heterocycles. The van der Waals surface area contributed by atoms with E-state index in [4.69, 9.17) is 5.73 Å². The van der Waals surface area contributed by atoms with E-state index in [1.165, 1.54) is 35.3 Å². The highest BCUT2D eigenvalue weighted by atomic mass is 32.2. The summed E-state index contributed by atoms with van der Waals surface area (Å²) >= 11 is 1.90. The minimum atomic E-state index is 0.684. The molecule has 1 fully saturated rings. The number of benzene rings is 1. The van der Waals surface area contributed by atoms with E-state index in [1.54, 1.807) is 0 Å². The Morgan fingerprint density at radius 2 is 2.20 bits per heavy atom. The van der Waals surface area contributed by atoms with Crippen molar-refractivity contribution in [2.75, 3.05) is 5.75 Å². The summed E-state index contributed by atoms with van der Waals surface area (Å²) in [6.07, 6.45) is 4.10. The van der Waals surface area contributed by atoms with Crippen LogP contribution in [0.4, 0.5) is 0 Å². The van der Waals surface area contributed by atoms with E-state index in [-0.39, 0.29) is 0 Å². The predicted octanol–water partition coefficient (Wildman–Crippen LogP) is 3.52. The Hall–Kier alpha value is -0.470. The lowest BCUT2D eigenvalue weighted by atomic mass is 9.78. The van der Waals surface area contributed by atoms with E-state index in [0.29, 0.717) is 6.54 Å². The smallest absolute Gasteiger partial charge is 0.0181 e. The zero-order valence-electron chi connectivity index (χ0n) is 9.33. The van der Waals surface area contributed by atoms with Gasteiger partial charge in [0.15, 0.2) is 0 Å². The molecular weight excluding hydrogens is 202 g/mol. The van der Waals surface area contributed by atoms with E-state index in [2.05, 4.69) is 25.1 Å². The third-order valence-electron chi connectivity index (χ3n) is 3.19. The summed E-state index contributed by atoms with van der Waals surface area (Å²) in [6.45, 7) is 2.87. The number of hydrogen-bond donors (Lipinski definition) is 1. The van der Waals surface area contributed by atoms with Crippen LogP contribution in [-0.2, 0) is 6.54 Å². The van der Waals surface area contributed by atoms with Gasteiger partial charge in [0, 0.05) is 11.4 Å². The van der Waals surface area contributed by atoms with E-state index < -0.39 is 0 Å². The van der Waals surface area contributed by atoms with Gasteiger partial charge in [0.2, 0.25) is 0 Å². The van der Waals surface area contributed by atoms with Gasteiger partial charge in [0.25, 0.3) is 0 Å². The van der Waals surface area contributed by atoms with Crippen molar-refractivity contribution in [3.05, 3.63) is 29.3 Å². The van der Waals surface area contributed by atoms with Crippen LogP contribution < -0.4 is 5.73 Å². The molecule has 2 heteroatoms. The first-order valence-electron chi connectivity index (χ1n) is 5.80. The summed E-state index contributed by atoms with van der Waals surface area (Å²) < 4.78 is 0. The van der Waals surface area contributed by atoms with E-state index in [1.807, 2.05) is 11.8 Å². The number of hydrogen-bond acceptors (Lipinski definition) is 2. The highest BCUT2D eigenvalue weighted by Crippen LogP contribution is 2.38. The molecule has 82 valence electrons. The highest BCUT2D eigenvalue weighted by molar-refractivity contribution is 7.99. The lowest BCUT2D eigenvalue weighted by Crippen LogP contribution is -2.13. The van der Waals surface area contributed by atoms with Crippen molar-refractivity contribution < 1.29 is 0 Å². The molecule has 1 nitrogen and oxygen atoms in total. The first-order chi connectivity index (χ1) is 7.35. The van der Waals surface area contributed by atoms with Gasteiger partial charge in [-0.2, -0.15) is 0 Å². The second-order valence-electron chi connectivity index (χ2n) is 4.13. The van der Waals surface area contributed by atoms with E-state index in [0.717, 1.165) is 11.7 Å². The van der Waals surface area contributed by atoms with Crippen LogP contribution in [0.15, 0.2) is 23.1 Å². The molecule has 1 aliphatic rings. The molecule has 2 N–H and O–H groups in total. The number of rotatable bonds is 4. The van der Waals surface area contributed by atoms with Crippen molar-refractivity contribution in [3.8, 4) is 0 Å². The second kappa shape index (κ2) is 5.04. The van der Waals surface area contributed by atoms with Crippen molar-refractivity contribution in [2.45, 2.75) is 43.5 Å². The van der Waals surface area contributed by atoms with Crippen LogP contribution in [0, 0.1) is 0 Å². The van der Waals surface area contributed by atoms with Gasteiger partial charge in [-0.25, -0.2) is 0 Å².